The quantitative estimate of drug-likeness (QED) is 0.490. The molecule has 0 aliphatic heterocycles. The van der Waals surface area contributed by atoms with Gasteiger partial charge in [0.15, 0.2) is 0 Å². The van der Waals surface area contributed by atoms with Crippen LogP contribution < -0.4 is 5.73 Å². The largest absolute Gasteiger partial charge is 0.394 e. The van der Waals surface area contributed by atoms with Gasteiger partial charge in [0.05, 0.1) is 19.3 Å². The Morgan fingerprint density at radius 1 is 1.45 bits per heavy atom. The number of aliphatic hydroxyl groups is 2. The number of hydrogen-bond donors (Lipinski definition) is 3. The van der Waals surface area contributed by atoms with E-state index in [2.05, 4.69) is 0 Å². The number of ether oxygens (including phenoxy) is 1. The van der Waals surface area contributed by atoms with E-state index in [-0.39, 0.29) is 25.4 Å². The highest BCUT2D eigenvalue weighted by molar-refractivity contribution is 4.63. The van der Waals surface area contributed by atoms with Crippen LogP contribution in [0.4, 0.5) is 0 Å². The van der Waals surface area contributed by atoms with Crippen molar-refractivity contribution in [1.82, 2.24) is 0 Å². The summed E-state index contributed by atoms with van der Waals surface area (Å²) in [5.74, 6) is 0. The molecular formula is C7H17NO3. The molecule has 0 aromatic carbocycles. The van der Waals surface area contributed by atoms with Crippen LogP contribution in [0.1, 0.15) is 13.8 Å². The Balaban J connectivity index is 3.37. The standard InChI is InChI=1S/C7H17NO3/c1-5(8)6(2)11-4-7(10)3-9/h5-7,9-10H,3-4,8H2,1-2H3. The van der Waals surface area contributed by atoms with Crippen molar-refractivity contribution < 1.29 is 14.9 Å². The smallest absolute Gasteiger partial charge is 0.100 e. The SMILES string of the molecule is CC(N)C(C)OCC(O)CO. The highest BCUT2D eigenvalue weighted by atomic mass is 16.5. The third-order valence-corrected chi connectivity index (χ3v) is 1.50. The first-order chi connectivity index (χ1) is 5.07. The highest BCUT2D eigenvalue weighted by Crippen LogP contribution is 1.96. The lowest BCUT2D eigenvalue weighted by Gasteiger charge is -2.17. The minimum absolute atomic E-state index is 0.0547. The van der Waals surface area contributed by atoms with Gasteiger partial charge in [-0.15, -0.1) is 0 Å². The number of rotatable bonds is 5. The maximum atomic E-state index is 8.87. The van der Waals surface area contributed by atoms with Gasteiger partial charge in [-0.2, -0.15) is 0 Å². The molecule has 0 saturated heterocycles. The van der Waals surface area contributed by atoms with Crippen molar-refractivity contribution in [3.8, 4) is 0 Å². The highest BCUT2D eigenvalue weighted by Gasteiger charge is 2.09. The summed E-state index contributed by atoms with van der Waals surface area (Å²) in [6.07, 6.45) is -0.882. The van der Waals surface area contributed by atoms with Crippen molar-refractivity contribution in [3.63, 3.8) is 0 Å². The van der Waals surface area contributed by atoms with E-state index in [1.807, 2.05) is 13.8 Å². The van der Waals surface area contributed by atoms with Crippen molar-refractivity contribution in [1.29, 1.82) is 0 Å². The molecule has 68 valence electrons. The van der Waals surface area contributed by atoms with Crippen LogP contribution in [0.2, 0.25) is 0 Å². The molecule has 3 atom stereocenters. The zero-order valence-corrected chi connectivity index (χ0v) is 7.03. The summed E-state index contributed by atoms with van der Waals surface area (Å²) in [5, 5.41) is 17.3. The van der Waals surface area contributed by atoms with Crippen molar-refractivity contribution >= 4 is 0 Å². The lowest BCUT2D eigenvalue weighted by atomic mass is 10.2. The number of hydrogen-bond acceptors (Lipinski definition) is 4. The van der Waals surface area contributed by atoms with E-state index in [4.69, 9.17) is 20.7 Å². The average molecular weight is 163 g/mol. The van der Waals surface area contributed by atoms with E-state index in [9.17, 15) is 0 Å². The lowest BCUT2D eigenvalue weighted by molar-refractivity contribution is -0.0282. The summed E-state index contributed by atoms with van der Waals surface area (Å²) in [5.41, 5.74) is 5.49. The second kappa shape index (κ2) is 5.49. The van der Waals surface area contributed by atoms with E-state index >= 15 is 0 Å². The molecule has 0 aromatic heterocycles. The van der Waals surface area contributed by atoms with Crippen LogP contribution in [0.5, 0.6) is 0 Å². The Morgan fingerprint density at radius 2 is 2.00 bits per heavy atom. The van der Waals surface area contributed by atoms with E-state index in [0.29, 0.717) is 0 Å². The fraction of sp³-hybridized carbons (Fsp3) is 1.00. The Hall–Kier alpha value is -0.160. The van der Waals surface area contributed by atoms with Crippen molar-refractivity contribution in [2.24, 2.45) is 5.73 Å². The van der Waals surface area contributed by atoms with Crippen LogP contribution in [0.3, 0.4) is 0 Å². The summed E-state index contributed by atoms with van der Waals surface area (Å²) < 4.78 is 5.12. The first kappa shape index (κ1) is 10.8. The molecule has 3 unspecified atom stereocenters. The third-order valence-electron chi connectivity index (χ3n) is 1.50. The molecule has 4 N–H and O–H groups in total. The summed E-state index contributed by atoms with van der Waals surface area (Å²) in [7, 11) is 0. The first-order valence-electron chi connectivity index (χ1n) is 3.74. The van der Waals surface area contributed by atoms with E-state index in [1.54, 1.807) is 0 Å². The van der Waals surface area contributed by atoms with Gasteiger partial charge in [-0.05, 0) is 13.8 Å². The number of nitrogens with two attached hydrogens (primary N) is 1. The third kappa shape index (κ3) is 5.15. The molecule has 11 heavy (non-hydrogen) atoms. The lowest BCUT2D eigenvalue weighted by Crippen LogP contribution is -2.34. The molecule has 0 rings (SSSR count). The minimum atomic E-state index is -0.795. The minimum Gasteiger partial charge on any atom is -0.394 e. The van der Waals surface area contributed by atoms with Crippen LogP contribution in [0, 0.1) is 0 Å². The molecule has 0 aromatic rings. The maximum Gasteiger partial charge on any atom is 0.100 e. The second-order valence-electron chi connectivity index (χ2n) is 2.73. The molecule has 0 spiro atoms. The molecule has 0 amide bonds. The Labute approximate surface area is 67.0 Å². The van der Waals surface area contributed by atoms with Gasteiger partial charge in [0.25, 0.3) is 0 Å². The van der Waals surface area contributed by atoms with Gasteiger partial charge >= 0.3 is 0 Å². The summed E-state index contributed by atoms with van der Waals surface area (Å²) >= 11 is 0. The molecule has 4 nitrogen and oxygen atoms in total. The van der Waals surface area contributed by atoms with Gasteiger partial charge in [-0.3, -0.25) is 0 Å². The van der Waals surface area contributed by atoms with Crippen LogP contribution in [0.15, 0.2) is 0 Å². The monoisotopic (exact) mass is 163 g/mol. The molecular weight excluding hydrogens is 146 g/mol. The molecule has 0 aliphatic carbocycles. The van der Waals surface area contributed by atoms with Crippen LogP contribution in [-0.2, 0) is 4.74 Å². The molecule has 0 aliphatic rings. The van der Waals surface area contributed by atoms with Crippen LogP contribution in [-0.4, -0.2) is 41.7 Å². The predicted molar refractivity (Wildman–Crippen MR) is 42.2 cm³/mol. The Morgan fingerprint density at radius 3 is 2.36 bits per heavy atom. The van der Waals surface area contributed by atoms with Crippen LogP contribution >= 0.6 is 0 Å². The van der Waals surface area contributed by atoms with Crippen molar-refractivity contribution in [3.05, 3.63) is 0 Å². The molecule has 0 radical (unpaired) electrons. The van der Waals surface area contributed by atoms with Crippen LogP contribution in [0.25, 0.3) is 0 Å². The van der Waals surface area contributed by atoms with Crippen molar-refractivity contribution in [2.75, 3.05) is 13.2 Å². The second-order valence-corrected chi connectivity index (χ2v) is 2.73. The fourth-order valence-electron chi connectivity index (χ4n) is 0.467. The van der Waals surface area contributed by atoms with Gasteiger partial charge in [0, 0.05) is 6.04 Å². The molecule has 0 heterocycles. The summed E-state index contributed by atoms with van der Waals surface area (Å²) in [6.45, 7) is 3.52. The zero-order chi connectivity index (χ0) is 8.85. The average Bonchev–Trinajstić information content (AvgIpc) is 1.99. The van der Waals surface area contributed by atoms with Gasteiger partial charge < -0.3 is 20.7 Å². The van der Waals surface area contributed by atoms with Gasteiger partial charge in [0.1, 0.15) is 6.10 Å². The maximum absolute atomic E-state index is 8.87. The van der Waals surface area contributed by atoms with Gasteiger partial charge in [0.2, 0.25) is 0 Å². The molecule has 0 bridgehead atoms. The Kier molecular flexibility index (Phi) is 5.41. The topological polar surface area (TPSA) is 75.7 Å². The zero-order valence-electron chi connectivity index (χ0n) is 7.03. The molecule has 0 fully saturated rings. The number of aliphatic hydroxyl groups excluding tert-OH is 2. The first-order valence-corrected chi connectivity index (χ1v) is 3.74. The molecule has 4 heteroatoms. The summed E-state index contributed by atoms with van der Waals surface area (Å²) in [4.78, 5) is 0. The van der Waals surface area contributed by atoms with Crippen molar-refractivity contribution in [2.45, 2.75) is 32.1 Å². The van der Waals surface area contributed by atoms with E-state index in [0.717, 1.165) is 0 Å². The Bertz CT molecular complexity index is 97.7. The van der Waals surface area contributed by atoms with E-state index < -0.39 is 6.10 Å². The predicted octanol–water partition coefficient (Wildman–Crippen LogP) is -0.908. The normalized spacial score (nSPS) is 19.4. The fourth-order valence-corrected chi connectivity index (χ4v) is 0.467. The van der Waals surface area contributed by atoms with Gasteiger partial charge in [-0.25, -0.2) is 0 Å². The summed E-state index contributed by atoms with van der Waals surface area (Å²) in [6, 6.07) is -0.0547. The molecule has 0 saturated carbocycles. The van der Waals surface area contributed by atoms with E-state index in [1.165, 1.54) is 0 Å². The van der Waals surface area contributed by atoms with Gasteiger partial charge in [-0.1, -0.05) is 0 Å².